The maximum atomic E-state index is 13.5. The number of nitrogens with one attached hydrogen (secondary N) is 1. The zero-order valence-electron chi connectivity index (χ0n) is 12.0. The molecule has 4 nitrogen and oxygen atoms in total. The SMILES string of the molecule is CC(Oc1ccccc1F)C(=O)Nc1nc2ccc(F)cc2s1. The highest BCUT2D eigenvalue weighted by atomic mass is 32.1. The first-order chi connectivity index (χ1) is 11.0. The number of para-hydroxylation sites is 1. The summed E-state index contributed by atoms with van der Waals surface area (Å²) in [6, 6.07) is 10.0. The Morgan fingerprint density at radius 1 is 1.26 bits per heavy atom. The minimum absolute atomic E-state index is 0.00141. The molecule has 0 aliphatic rings. The summed E-state index contributed by atoms with van der Waals surface area (Å²) in [6.45, 7) is 1.51. The minimum Gasteiger partial charge on any atom is -0.478 e. The van der Waals surface area contributed by atoms with Gasteiger partial charge in [-0.3, -0.25) is 10.1 Å². The molecule has 1 unspecified atom stereocenters. The van der Waals surface area contributed by atoms with E-state index in [4.69, 9.17) is 4.74 Å². The van der Waals surface area contributed by atoms with Gasteiger partial charge >= 0.3 is 0 Å². The number of carbonyl (C=O) groups is 1. The Kier molecular flexibility index (Phi) is 4.20. The molecule has 0 aliphatic heterocycles. The third-order valence-corrected chi connectivity index (χ3v) is 4.02. The highest BCUT2D eigenvalue weighted by Crippen LogP contribution is 2.26. The van der Waals surface area contributed by atoms with E-state index in [1.165, 1.54) is 43.3 Å². The number of nitrogens with zero attached hydrogens (tertiary/aromatic N) is 1. The van der Waals surface area contributed by atoms with Crippen LogP contribution in [-0.4, -0.2) is 17.0 Å². The van der Waals surface area contributed by atoms with E-state index >= 15 is 0 Å². The van der Waals surface area contributed by atoms with Gasteiger partial charge in [0.15, 0.2) is 22.8 Å². The zero-order valence-corrected chi connectivity index (χ0v) is 12.9. The molecular formula is C16H12F2N2O2S. The molecule has 0 spiro atoms. The van der Waals surface area contributed by atoms with Crippen molar-refractivity contribution in [3.05, 3.63) is 54.1 Å². The third-order valence-electron chi connectivity index (χ3n) is 3.09. The standard InChI is InChI=1S/C16H12F2N2O2S/c1-9(22-13-5-3-2-4-11(13)18)15(21)20-16-19-12-7-6-10(17)8-14(12)23-16/h2-9H,1H3,(H,19,20,21). The molecule has 1 heterocycles. The maximum absolute atomic E-state index is 13.5. The van der Waals surface area contributed by atoms with Crippen molar-refractivity contribution in [2.75, 3.05) is 5.32 Å². The van der Waals surface area contributed by atoms with Gasteiger partial charge in [0.05, 0.1) is 10.2 Å². The first kappa shape index (κ1) is 15.4. The quantitative estimate of drug-likeness (QED) is 0.785. The van der Waals surface area contributed by atoms with E-state index in [0.717, 1.165) is 11.3 Å². The van der Waals surface area contributed by atoms with Crippen molar-refractivity contribution in [2.24, 2.45) is 0 Å². The summed E-state index contributed by atoms with van der Waals surface area (Å²) in [5, 5.41) is 2.92. The molecule has 118 valence electrons. The number of hydrogen-bond acceptors (Lipinski definition) is 4. The molecule has 1 atom stereocenters. The van der Waals surface area contributed by atoms with E-state index < -0.39 is 17.8 Å². The number of benzene rings is 2. The molecule has 0 aliphatic carbocycles. The average Bonchev–Trinajstić information content (AvgIpc) is 2.90. The molecule has 0 saturated carbocycles. The van der Waals surface area contributed by atoms with Gasteiger partial charge < -0.3 is 4.74 Å². The predicted octanol–water partition coefficient (Wildman–Crippen LogP) is 3.98. The van der Waals surface area contributed by atoms with Crippen molar-refractivity contribution in [1.82, 2.24) is 4.98 Å². The topological polar surface area (TPSA) is 51.2 Å². The number of anilines is 1. The molecule has 0 fully saturated rings. The molecule has 2 aromatic carbocycles. The van der Waals surface area contributed by atoms with E-state index in [1.54, 1.807) is 6.07 Å². The van der Waals surface area contributed by atoms with Crippen LogP contribution in [0.4, 0.5) is 13.9 Å². The van der Waals surface area contributed by atoms with Gasteiger partial charge in [-0.05, 0) is 37.3 Å². The van der Waals surface area contributed by atoms with Crippen LogP contribution in [0.15, 0.2) is 42.5 Å². The smallest absolute Gasteiger partial charge is 0.266 e. The van der Waals surface area contributed by atoms with Gasteiger partial charge in [-0.1, -0.05) is 23.5 Å². The van der Waals surface area contributed by atoms with Crippen molar-refractivity contribution < 1.29 is 18.3 Å². The maximum Gasteiger partial charge on any atom is 0.266 e. The average molecular weight is 334 g/mol. The largest absolute Gasteiger partial charge is 0.478 e. The van der Waals surface area contributed by atoms with Gasteiger partial charge in [0.1, 0.15) is 5.82 Å². The number of aromatic nitrogens is 1. The van der Waals surface area contributed by atoms with E-state index in [-0.39, 0.29) is 11.6 Å². The second kappa shape index (κ2) is 6.29. The van der Waals surface area contributed by atoms with Crippen LogP contribution < -0.4 is 10.1 Å². The van der Waals surface area contributed by atoms with Crippen LogP contribution in [0.3, 0.4) is 0 Å². The summed E-state index contributed by atoms with van der Waals surface area (Å²) < 4.78 is 32.6. The molecule has 3 aromatic rings. The van der Waals surface area contributed by atoms with Crippen LogP contribution in [0.25, 0.3) is 10.2 Å². The van der Waals surface area contributed by atoms with Crippen LogP contribution in [0, 0.1) is 11.6 Å². The molecule has 0 radical (unpaired) electrons. The fourth-order valence-electron chi connectivity index (χ4n) is 1.94. The van der Waals surface area contributed by atoms with Crippen LogP contribution in [0.2, 0.25) is 0 Å². The third kappa shape index (κ3) is 3.45. The van der Waals surface area contributed by atoms with Gasteiger partial charge in [-0.15, -0.1) is 0 Å². The molecular weight excluding hydrogens is 322 g/mol. The number of hydrogen-bond donors (Lipinski definition) is 1. The van der Waals surface area contributed by atoms with E-state index in [1.807, 2.05) is 0 Å². The van der Waals surface area contributed by atoms with Gasteiger partial charge in [-0.2, -0.15) is 0 Å². The number of ether oxygens (including phenoxy) is 1. The second-order valence-electron chi connectivity index (χ2n) is 4.81. The molecule has 1 amide bonds. The lowest BCUT2D eigenvalue weighted by atomic mass is 10.3. The Morgan fingerprint density at radius 3 is 2.83 bits per heavy atom. The zero-order chi connectivity index (χ0) is 16.4. The van der Waals surface area contributed by atoms with Crippen LogP contribution in [0.1, 0.15) is 6.92 Å². The first-order valence-corrected chi connectivity index (χ1v) is 7.63. The summed E-state index contributed by atoms with van der Waals surface area (Å²) in [7, 11) is 0. The Bertz CT molecular complexity index is 866. The lowest BCUT2D eigenvalue weighted by Gasteiger charge is -2.13. The van der Waals surface area contributed by atoms with Gasteiger partial charge in [0, 0.05) is 0 Å². The fraction of sp³-hybridized carbons (Fsp3) is 0.125. The number of carbonyl (C=O) groups excluding carboxylic acids is 1. The van der Waals surface area contributed by atoms with Crippen molar-refractivity contribution in [2.45, 2.75) is 13.0 Å². The summed E-state index contributed by atoms with van der Waals surface area (Å²) in [4.78, 5) is 16.3. The molecule has 1 N–H and O–H groups in total. The van der Waals surface area contributed by atoms with Gasteiger partial charge in [0.2, 0.25) is 0 Å². The summed E-state index contributed by atoms with van der Waals surface area (Å²) >= 11 is 1.15. The number of fused-ring (bicyclic) bond motifs is 1. The molecule has 1 aromatic heterocycles. The van der Waals surface area contributed by atoms with Crippen molar-refractivity contribution >= 4 is 32.6 Å². The van der Waals surface area contributed by atoms with Gasteiger partial charge in [0.25, 0.3) is 5.91 Å². The lowest BCUT2D eigenvalue weighted by molar-refractivity contribution is -0.122. The van der Waals surface area contributed by atoms with Crippen LogP contribution in [-0.2, 0) is 4.79 Å². The highest BCUT2D eigenvalue weighted by molar-refractivity contribution is 7.22. The normalized spacial score (nSPS) is 12.1. The number of halogens is 2. The predicted molar refractivity (Wildman–Crippen MR) is 84.7 cm³/mol. The number of rotatable bonds is 4. The van der Waals surface area contributed by atoms with Crippen molar-refractivity contribution in [1.29, 1.82) is 0 Å². The lowest BCUT2D eigenvalue weighted by Crippen LogP contribution is -2.30. The van der Waals surface area contributed by atoms with Crippen molar-refractivity contribution in [3.8, 4) is 5.75 Å². The fourth-order valence-corrected chi connectivity index (χ4v) is 2.84. The molecule has 3 rings (SSSR count). The van der Waals surface area contributed by atoms with E-state index in [0.29, 0.717) is 15.3 Å². The molecule has 0 bridgehead atoms. The Morgan fingerprint density at radius 2 is 2.04 bits per heavy atom. The first-order valence-electron chi connectivity index (χ1n) is 6.81. The Balaban J connectivity index is 1.71. The monoisotopic (exact) mass is 334 g/mol. The summed E-state index contributed by atoms with van der Waals surface area (Å²) in [6.07, 6.45) is -0.907. The van der Waals surface area contributed by atoms with Crippen LogP contribution >= 0.6 is 11.3 Å². The Hall–Kier alpha value is -2.54. The summed E-state index contributed by atoms with van der Waals surface area (Å²) in [5.74, 6) is -1.37. The number of amides is 1. The summed E-state index contributed by atoms with van der Waals surface area (Å²) in [5.41, 5.74) is 0.592. The number of thiazole rings is 1. The molecule has 7 heteroatoms. The Labute approximate surface area is 134 Å². The van der Waals surface area contributed by atoms with E-state index in [2.05, 4.69) is 10.3 Å². The molecule has 0 saturated heterocycles. The second-order valence-corrected chi connectivity index (χ2v) is 5.84. The van der Waals surface area contributed by atoms with Crippen LogP contribution in [0.5, 0.6) is 5.75 Å². The van der Waals surface area contributed by atoms with E-state index in [9.17, 15) is 13.6 Å². The van der Waals surface area contributed by atoms with Gasteiger partial charge in [-0.25, -0.2) is 13.8 Å². The minimum atomic E-state index is -0.907. The highest BCUT2D eigenvalue weighted by Gasteiger charge is 2.18. The van der Waals surface area contributed by atoms with Crippen molar-refractivity contribution in [3.63, 3.8) is 0 Å². The molecule has 23 heavy (non-hydrogen) atoms.